The topological polar surface area (TPSA) is 35.6 Å². The summed E-state index contributed by atoms with van der Waals surface area (Å²) in [5.41, 5.74) is 0. The number of piperazine rings is 1. The average molecular weight is 185 g/mol. The van der Waals surface area contributed by atoms with Crippen molar-refractivity contribution in [2.75, 3.05) is 39.8 Å². The molecule has 1 unspecified atom stereocenters. The number of likely N-dealkylation sites (N-methyl/N-ethyl adjacent to an activating group) is 1. The third-order valence-electron chi connectivity index (χ3n) is 2.66. The van der Waals surface area contributed by atoms with Gasteiger partial charge in [-0.15, -0.1) is 0 Å². The minimum atomic E-state index is 0.457. The summed E-state index contributed by atoms with van der Waals surface area (Å²) in [6, 6.07) is 0.457. The molecule has 0 aromatic carbocycles. The number of hydrogen-bond acceptors (Lipinski definition) is 3. The highest BCUT2D eigenvalue weighted by atomic mass is 16.1. The number of nitrogens with one attached hydrogen (secondary N) is 1. The second-order valence-corrected chi connectivity index (χ2v) is 3.71. The second-order valence-electron chi connectivity index (χ2n) is 3.71. The Labute approximate surface area is 79.9 Å². The van der Waals surface area contributed by atoms with E-state index in [9.17, 15) is 4.79 Å². The van der Waals surface area contributed by atoms with Crippen molar-refractivity contribution in [3.05, 3.63) is 0 Å². The zero-order valence-corrected chi connectivity index (χ0v) is 8.49. The van der Waals surface area contributed by atoms with Gasteiger partial charge in [0.1, 0.15) is 0 Å². The fourth-order valence-corrected chi connectivity index (χ4v) is 1.61. The lowest BCUT2D eigenvalue weighted by molar-refractivity contribution is -0.109. The van der Waals surface area contributed by atoms with Crippen LogP contribution in [0.3, 0.4) is 0 Å². The van der Waals surface area contributed by atoms with Gasteiger partial charge in [0.25, 0.3) is 0 Å². The molecule has 0 bridgehead atoms. The summed E-state index contributed by atoms with van der Waals surface area (Å²) >= 11 is 0. The van der Waals surface area contributed by atoms with Gasteiger partial charge in [-0.1, -0.05) is 0 Å². The first-order valence-electron chi connectivity index (χ1n) is 4.83. The fraction of sp³-hybridized carbons (Fsp3) is 0.889. The van der Waals surface area contributed by atoms with E-state index in [2.05, 4.69) is 29.1 Å². The van der Waals surface area contributed by atoms with E-state index >= 15 is 0 Å². The predicted octanol–water partition coefficient (Wildman–Crippen LogP) is -0.632. The maximum atomic E-state index is 10.1. The lowest BCUT2D eigenvalue weighted by Gasteiger charge is -2.36. The molecule has 0 aromatic heterocycles. The van der Waals surface area contributed by atoms with Gasteiger partial charge in [0.15, 0.2) is 0 Å². The van der Waals surface area contributed by atoms with Crippen molar-refractivity contribution in [1.82, 2.24) is 15.1 Å². The molecule has 1 heterocycles. The molecule has 1 rings (SSSR count). The number of nitrogens with zero attached hydrogens (tertiary/aromatic N) is 2. The maximum absolute atomic E-state index is 10.1. The number of hydrogen-bond donors (Lipinski definition) is 1. The van der Waals surface area contributed by atoms with E-state index < -0.39 is 0 Å². The van der Waals surface area contributed by atoms with Crippen LogP contribution in [0.25, 0.3) is 0 Å². The highest BCUT2D eigenvalue weighted by molar-refractivity contribution is 5.45. The van der Waals surface area contributed by atoms with Crippen molar-refractivity contribution in [1.29, 1.82) is 0 Å². The molecule has 4 heteroatoms. The molecule has 0 radical (unpaired) electrons. The number of carbonyl (C=O) groups is 1. The van der Waals surface area contributed by atoms with Gasteiger partial charge in [-0.2, -0.15) is 0 Å². The molecule has 0 saturated carbocycles. The molecule has 1 fully saturated rings. The van der Waals surface area contributed by atoms with Gasteiger partial charge in [-0.3, -0.25) is 9.69 Å². The summed E-state index contributed by atoms with van der Waals surface area (Å²) in [4.78, 5) is 14.8. The fourth-order valence-electron chi connectivity index (χ4n) is 1.61. The van der Waals surface area contributed by atoms with E-state index in [4.69, 9.17) is 0 Å². The van der Waals surface area contributed by atoms with Crippen molar-refractivity contribution in [3.8, 4) is 0 Å². The lowest BCUT2D eigenvalue weighted by atomic mass is 10.2. The Hall–Kier alpha value is -0.610. The Morgan fingerprint density at radius 1 is 1.38 bits per heavy atom. The third-order valence-corrected chi connectivity index (χ3v) is 2.66. The molecule has 0 aliphatic carbocycles. The summed E-state index contributed by atoms with van der Waals surface area (Å²) in [5, 5.41) is 2.72. The van der Waals surface area contributed by atoms with Gasteiger partial charge < -0.3 is 10.2 Å². The zero-order valence-electron chi connectivity index (χ0n) is 8.49. The van der Waals surface area contributed by atoms with Crippen molar-refractivity contribution in [2.45, 2.75) is 13.0 Å². The quantitative estimate of drug-likeness (QED) is 0.592. The van der Waals surface area contributed by atoms with Crippen LogP contribution in [-0.2, 0) is 4.79 Å². The molecular weight excluding hydrogens is 166 g/mol. The molecule has 1 N–H and O–H groups in total. The van der Waals surface area contributed by atoms with Crippen LogP contribution < -0.4 is 5.32 Å². The van der Waals surface area contributed by atoms with E-state index in [-0.39, 0.29) is 0 Å². The van der Waals surface area contributed by atoms with E-state index in [1.165, 1.54) is 0 Å². The SMILES string of the molecule is CC(CNC=O)N1CCN(C)CC1. The van der Waals surface area contributed by atoms with Crippen LogP contribution in [0.4, 0.5) is 0 Å². The van der Waals surface area contributed by atoms with Crippen LogP contribution in [0.15, 0.2) is 0 Å². The molecule has 0 aromatic rings. The van der Waals surface area contributed by atoms with Crippen LogP contribution >= 0.6 is 0 Å². The molecule has 0 spiro atoms. The number of amides is 1. The first-order chi connectivity index (χ1) is 6.24. The van der Waals surface area contributed by atoms with Crippen LogP contribution in [0.2, 0.25) is 0 Å². The van der Waals surface area contributed by atoms with Crippen molar-refractivity contribution >= 4 is 6.41 Å². The van der Waals surface area contributed by atoms with Crippen LogP contribution in [0.1, 0.15) is 6.92 Å². The number of carbonyl (C=O) groups excluding carboxylic acids is 1. The molecule has 1 amide bonds. The lowest BCUT2D eigenvalue weighted by Crippen LogP contribution is -2.50. The van der Waals surface area contributed by atoms with Crippen molar-refractivity contribution in [3.63, 3.8) is 0 Å². The molecule has 1 saturated heterocycles. The molecule has 1 aliphatic rings. The predicted molar refractivity (Wildman–Crippen MR) is 52.6 cm³/mol. The molecule has 1 aliphatic heterocycles. The average Bonchev–Trinajstić information content (AvgIpc) is 2.15. The van der Waals surface area contributed by atoms with Gasteiger partial charge in [-0.05, 0) is 14.0 Å². The third kappa shape index (κ3) is 3.32. The van der Waals surface area contributed by atoms with Gasteiger partial charge in [0.2, 0.25) is 6.41 Å². The Bertz CT molecular complexity index is 155. The summed E-state index contributed by atoms with van der Waals surface area (Å²) in [7, 11) is 2.14. The smallest absolute Gasteiger partial charge is 0.207 e. The van der Waals surface area contributed by atoms with Crippen molar-refractivity contribution < 1.29 is 4.79 Å². The Morgan fingerprint density at radius 2 is 2.00 bits per heavy atom. The highest BCUT2D eigenvalue weighted by Crippen LogP contribution is 2.03. The largest absolute Gasteiger partial charge is 0.357 e. The second kappa shape index (κ2) is 5.19. The van der Waals surface area contributed by atoms with Crippen molar-refractivity contribution in [2.24, 2.45) is 0 Å². The van der Waals surface area contributed by atoms with Gasteiger partial charge in [0.05, 0.1) is 0 Å². The van der Waals surface area contributed by atoms with Gasteiger partial charge in [0, 0.05) is 38.8 Å². The summed E-state index contributed by atoms with van der Waals surface area (Å²) in [5.74, 6) is 0. The van der Waals surface area contributed by atoms with E-state index in [1.54, 1.807) is 0 Å². The molecular formula is C9H19N3O. The van der Waals surface area contributed by atoms with E-state index in [1.807, 2.05) is 0 Å². The molecule has 76 valence electrons. The van der Waals surface area contributed by atoms with E-state index in [0.717, 1.165) is 39.1 Å². The number of rotatable bonds is 4. The summed E-state index contributed by atoms with van der Waals surface area (Å²) in [6.45, 7) is 7.39. The molecule has 13 heavy (non-hydrogen) atoms. The maximum Gasteiger partial charge on any atom is 0.207 e. The van der Waals surface area contributed by atoms with Crippen LogP contribution in [-0.4, -0.2) is 62.0 Å². The van der Waals surface area contributed by atoms with Gasteiger partial charge in [-0.25, -0.2) is 0 Å². The van der Waals surface area contributed by atoms with Crippen LogP contribution in [0.5, 0.6) is 0 Å². The Balaban J connectivity index is 2.22. The van der Waals surface area contributed by atoms with E-state index in [0.29, 0.717) is 6.04 Å². The minimum absolute atomic E-state index is 0.457. The summed E-state index contributed by atoms with van der Waals surface area (Å²) < 4.78 is 0. The minimum Gasteiger partial charge on any atom is -0.357 e. The Kier molecular flexibility index (Phi) is 4.18. The zero-order chi connectivity index (χ0) is 9.68. The monoisotopic (exact) mass is 185 g/mol. The van der Waals surface area contributed by atoms with Crippen LogP contribution in [0, 0.1) is 0 Å². The first-order valence-corrected chi connectivity index (χ1v) is 4.83. The molecule has 1 atom stereocenters. The molecule has 4 nitrogen and oxygen atoms in total. The highest BCUT2D eigenvalue weighted by Gasteiger charge is 2.18. The standard InChI is InChI=1S/C9H19N3O/c1-9(7-10-8-13)12-5-3-11(2)4-6-12/h8-9H,3-7H2,1-2H3,(H,10,13). The van der Waals surface area contributed by atoms with Gasteiger partial charge >= 0.3 is 0 Å². The summed E-state index contributed by atoms with van der Waals surface area (Å²) in [6.07, 6.45) is 0.770. The normalized spacial score (nSPS) is 22.6. The Morgan fingerprint density at radius 3 is 2.54 bits per heavy atom. The first kappa shape index (κ1) is 10.5.